The van der Waals surface area contributed by atoms with Crippen LogP contribution < -0.4 is 11.5 Å². The maximum absolute atomic E-state index is 9.57. The van der Waals surface area contributed by atoms with Crippen LogP contribution in [0.25, 0.3) is 0 Å². The van der Waals surface area contributed by atoms with Gasteiger partial charge in [-0.05, 0) is 6.92 Å². The van der Waals surface area contributed by atoms with Crippen LogP contribution in [-0.4, -0.2) is 35.4 Å². The Morgan fingerprint density at radius 1 is 1.70 bits per heavy atom. The highest BCUT2D eigenvalue weighted by Gasteiger charge is 1.99. The molecule has 0 radical (unpaired) electrons. The van der Waals surface area contributed by atoms with E-state index in [2.05, 4.69) is 0 Å². The van der Waals surface area contributed by atoms with E-state index < -0.39 is 12.0 Å². The van der Waals surface area contributed by atoms with E-state index in [1.165, 1.54) is 6.92 Å². The molecular weight excluding hydrogens is 136 g/mol. The molecule has 0 aliphatic carbocycles. The fraction of sp³-hybridized carbons (Fsp3) is 0.800. The number of aliphatic hydroxyl groups excluding tert-OH is 1. The second kappa shape index (κ2) is 8.35. The summed E-state index contributed by atoms with van der Waals surface area (Å²) in [6, 6.07) is -0.731. The van der Waals surface area contributed by atoms with Crippen molar-refractivity contribution in [1.29, 1.82) is 0 Å². The molecule has 0 amide bonds. The number of nitrogens with two attached hydrogens (primary N) is 2. The lowest BCUT2D eigenvalue weighted by molar-refractivity contribution is -0.138. The van der Waals surface area contributed by atoms with E-state index in [1.54, 1.807) is 0 Å². The minimum Gasteiger partial charge on any atom is -0.480 e. The summed E-state index contributed by atoms with van der Waals surface area (Å²) in [5.41, 5.74) is 9.61. The summed E-state index contributed by atoms with van der Waals surface area (Å²) < 4.78 is 0. The topological polar surface area (TPSA) is 110 Å². The predicted octanol–water partition coefficient (Wildman–Crippen LogP) is -1.64. The van der Waals surface area contributed by atoms with Gasteiger partial charge in [-0.2, -0.15) is 0 Å². The van der Waals surface area contributed by atoms with Crippen molar-refractivity contribution in [3.63, 3.8) is 0 Å². The van der Waals surface area contributed by atoms with E-state index in [-0.39, 0.29) is 6.61 Å². The third-order valence-corrected chi connectivity index (χ3v) is 0.519. The Bertz CT molecular complexity index is 83.0. The Kier molecular flexibility index (Phi) is 10.1. The molecule has 0 bridgehead atoms. The highest BCUT2D eigenvalue weighted by molar-refractivity contribution is 5.72. The molecule has 0 heterocycles. The van der Waals surface area contributed by atoms with Crippen molar-refractivity contribution in [1.82, 2.24) is 0 Å². The molecule has 0 saturated heterocycles. The summed E-state index contributed by atoms with van der Waals surface area (Å²) in [6.45, 7) is 1.89. The summed E-state index contributed by atoms with van der Waals surface area (Å²) >= 11 is 0. The fourth-order valence-electron chi connectivity index (χ4n) is 0. The van der Waals surface area contributed by atoms with Crippen LogP contribution in [0.3, 0.4) is 0 Å². The third kappa shape index (κ3) is 15.7. The number of rotatable bonds is 2. The average molecular weight is 150 g/mol. The van der Waals surface area contributed by atoms with E-state index in [0.29, 0.717) is 6.54 Å². The van der Waals surface area contributed by atoms with Gasteiger partial charge in [0.1, 0.15) is 6.04 Å². The largest absolute Gasteiger partial charge is 0.480 e. The molecule has 62 valence electrons. The molecule has 0 saturated carbocycles. The molecule has 0 aromatic rings. The van der Waals surface area contributed by atoms with Crippen molar-refractivity contribution in [2.45, 2.75) is 13.0 Å². The Labute approximate surface area is 59.6 Å². The first-order valence-corrected chi connectivity index (χ1v) is 2.85. The molecule has 0 aromatic carbocycles. The molecular formula is C5H14N2O3. The number of carbonyl (C=O) groups is 1. The zero-order valence-electron chi connectivity index (χ0n) is 5.95. The van der Waals surface area contributed by atoms with Gasteiger partial charge in [-0.1, -0.05) is 0 Å². The number of aliphatic carboxylic acids is 1. The van der Waals surface area contributed by atoms with Crippen LogP contribution in [0.2, 0.25) is 0 Å². The van der Waals surface area contributed by atoms with E-state index in [0.717, 1.165) is 0 Å². The quantitative estimate of drug-likeness (QED) is 0.377. The molecule has 5 heteroatoms. The Morgan fingerprint density at radius 2 is 1.90 bits per heavy atom. The fourth-order valence-corrected chi connectivity index (χ4v) is 0. The number of hydrogen-bond donors (Lipinski definition) is 4. The Morgan fingerprint density at radius 3 is 1.90 bits per heavy atom. The maximum Gasteiger partial charge on any atom is 0.320 e. The normalized spacial score (nSPS) is 11.2. The van der Waals surface area contributed by atoms with Gasteiger partial charge in [0, 0.05) is 6.54 Å². The summed E-state index contributed by atoms with van der Waals surface area (Å²) in [7, 11) is 0. The summed E-state index contributed by atoms with van der Waals surface area (Å²) in [5, 5.41) is 15.6. The van der Waals surface area contributed by atoms with E-state index in [4.69, 9.17) is 21.7 Å². The first-order valence-electron chi connectivity index (χ1n) is 2.85. The summed E-state index contributed by atoms with van der Waals surface area (Å²) in [4.78, 5) is 9.57. The van der Waals surface area contributed by atoms with E-state index in [1.807, 2.05) is 0 Å². The molecule has 0 fully saturated rings. The minimum absolute atomic E-state index is 0.0972. The zero-order chi connectivity index (χ0) is 8.57. The molecule has 10 heavy (non-hydrogen) atoms. The molecule has 5 nitrogen and oxygen atoms in total. The van der Waals surface area contributed by atoms with Crippen molar-refractivity contribution >= 4 is 5.97 Å². The van der Waals surface area contributed by atoms with Crippen LogP contribution in [0.1, 0.15) is 6.92 Å². The van der Waals surface area contributed by atoms with Gasteiger partial charge in [0.05, 0.1) is 6.61 Å². The second-order valence-corrected chi connectivity index (χ2v) is 1.64. The van der Waals surface area contributed by atoms with Crippen molar-refractivity contribution in [3.8, 4) is 0 Å². The third-order valence-electron chi connectivity index (χ3n) is 0.519. The zero-order valence-corrected chi connectivity index (χ0v) is 5.95. The van der Waals surface area contributed by atoms with Crippen LogP contribution >= 0.6 is 0 Å². The SMILES string of the molecule is CC(N)C(=O)O.NCCO. The first kappa shape index (κ1) is 12.1. The van der Waals surface area contributed by atoms with Gasteiger partial charge in [0.2, 0.25) is 0 Å². The van der Waals surface area contributed by atoms with Gasteiger partial charge >= 0.3 is 5.97 Å². The van der Waals surface area contributed by atoms with Gasteiger partial charge in [-0.3, -0.25) is 4.79 Å². The summed E-state index contributed by atoms with van der Waals surface area (Å²) in [5.74, 6) is -0.963. The van der Waals surface area contributed by atoms with Gasteiger partial charge < -0.3 is 21.7 Å². The summed E-state index contributed by atoms with van der Waals surface area (Å²) in [6.07, 6.45) is 0. The Hall–Kier alpha value is -0.650. The lowest BCUT2D eigenvalue weighted by Crippen LogP contribution is -2.25. The molecule has 0 aliphatic rings. The molecule has 1 atom stereocenters. The van der Waals surface area contributed by atoms with Gasteiger partial charge in [0.25, 0.3) is 0 Å². The molecule has 0 spiro atoms. The van der Waals surface area contributed by atoms with Crippen LogP contribution in [0, 0.1) is 0 Å². The molecule has 0 rings (SSSR count). The van der Waals surface area contributed by atoms with Crippen molar-refractivity contribution in [2.24, 2.45) is 11.5 Å². The number of hydrogen-bond acceptors (Lipinski definition) is 4. The van der Waals surface area contributed by atoms with Crippen LogP contribution in [-0.2, 0) is 4.79 Å². The predicted molar refractivity (Wildman–Crippen MR) is 37.4 cm³/mol. The van der Waals surface area contributed by atoms with E-state index >= 15 is 0 Å². The van der Waals surface area contributed by atoms with Gasteiger partial charge in [-0.15, -0.1) is 0 Å². The van der Waals surface area contributed by atoms with Crippen molar-refractivity contribution in [2.75, 3.05) is 13.2 Å². The number of carboxylic acids is 1. The van der Waals surface area contributed by atoms with E-state index in [9.17, 15) is 4.79 Å². The lowest BCUT2D eigenvalue weighted by Gasteiger charge is -1.90. The van der Waals surface area contributed by atoms with Crippen molar-refractivity contribution < 1.29 is 15.0 Å². The number of carboxylic acid groups (broad SMARTS) is 1. The van der Waals surface area contributed by atoms with Crippen LogP contribution in [0.15, 0.2) is 0 Å². The highest BCUT2D eigenvalue weighted by atomic mass is 16.4. The van der Waals surface area contributed by atoms with Crippen molar-refractivity contribution in [3.05, 3.63) is 0 Å². The molecule has 6 N–H and O–H groups in total. The maximum atomic E-state index is 9.57. The number of aliphatic hydroxyl groups is 1. The van der Waals surface area contributed by atoms with Crippen LogP contribution in [0.5, 0.6) is 0 Å². The molecule has 0 aliphatic heterocycles. The molecule has 1 unspecified atom stereocenters. The molecule has 0 aromatic heterocycles. The monoisotopic (exact) mass is 150 g/mol. The smallest absolute Gasteiger partial charge is 0.320 e. The van der Waals surface area contributed by atoms with Gasteiger partial charge in [0.15, 0.2) is 0 Å². The van der Waals surface area contributed by atoms with Gasteiger partial charge in [-0.25, -0.2) is 0 Å². The Balaban J connectivity index is 0. The minimum atomic E-state index is -0.963. The standard InChI is InChI=1S/C3H7NO2.C2H7NO/c1-2(4)3(5)6;3-1-2-4/h2H,4H2,1H3,(H,5,6);4H,1-3H2. The van der Waals surface area contributed by atoms with Crippen LogP contribution in [0.4, 0.5) is 0 Å². The average Bonchev–Trinajstić information content (AvgIpc) is 1.89. The highest BCUT2D eigenvalue weighted by Crippen LogP contribution is 1.68. The lowest BCUT2D eigenvalue weighted by atomic mass is 10.4. The second-order valence-electron chi connectivity index (χ2n) is 1.64. The first-order chi connectivity index (χ1) is 4.56.